The van der Waals surface area contributed by atoms with E-state index in [2.05, 4.69) is 17.2 Å². The lowest BCUT2D eigenvalue weighted by Gasteiger charge is -2.31. The molecule has 0 spiro atoms. The summed E-state index contributed by atoms with van der Waals surface area (Å²) in [4.78, 5) is 17.9. The van der Waals surface area contributed by atoms with Crippen molar-refractivity contribution >= 4 is 42.3 Å². The zero-order chi connectivity index (χ0) is 11.5. The number of aromatic nitrogens is 1. The maximum atomic E-state index is 12.0. The number of amides is 1. The molecule has 102 valence electrons. The van der Waals surface area contributed by atoms with Crippen molar-refractivity contribution in [3.63, 3.8) is 0 Å². The lowest BCUT2D eigenvalue weighted by atomic mass is 10.2. The van der Waals surface area contributed by atoms with Crippen molar-refractivity contribution in [2.24, 2.45) is 0 Å². The van der Waals surface area contributed by atoms with Gasteiger partial charge in [0.2, 0.25) is 0 Å². The fourth-order valence-corrected chi connectivity index (χ4v) is 1.89. The van der Waals surface area contributed by atoms with Gasteiger partial charge in [0.15, 0.2) is 0 Å². The first-order valence-electron chi connectivity index (χ1n) is 5.31. The number of nitrogens with one attached hydrogen (secondary N) is 1. The van der Waals surface area contributed by atoms with Crippen molar-refractivity contribution in [3.05, 3.63) is 29.0 Å². The topological polar surface area (TPSA) is 45.2 Å². The third-order valence-corrected chi connectivity index (χ3v) is 2.83. The molecule has 1 saturated heterocycles. The van der Waals surface area contributed by atoms with Gasteiger partial charge in [-0.1, -0.05) is 11.6 Å². The first-order chi connectivity index (χ1) is 7.66. The molecule has 1 aliphatic rings. The highest BCUT2D eigenvalue weighted by molar-refractivity contribution is 6.30. The number of rotatable bonds is 1. The van der Waals surface area contributed by atoms with Gasteiger partial charge in [0, 0.05) is 31.9 Å². The van der Waals surface area contributed by atoms with Crippen molar-refractivity contribution in [1.82, 2.24) is 15.2 Å². The number of nitrogens with zero attached hydrogens (tertiary/aromatic N) is 2. The quantitative estimate of drug-likeness (QED) is 0.863. The van der Waals surface area contributed by atoms with E-state index < -0.39 is 0 Å². The van der Waals surface area contributed by atoms with Gasteiger partial charge in [-0.25, -0.2) is 4.98 Å². The lowest BCUT2D eigenvalue weighted by molar-refractivity contribution is 0.0703. The van der Waals surface area contributed by atoms with Crippen LogP contribution >= 0.6 is 36.4 Å². The molecular formula is C11H16Cl3N3O. The Kier molecular flexibility index (Phi) is 7.55. The van der Waals surface area contributed by atoms with Gasteiger partial charge < -0.3 is 10.2 Å². The van der Waals surface area contributed by atoms with Gasteiger partial charge in [-0.3, -0.25) is 4.79 Å². The highest BCUT2D eigenvalue weighted by Crippen LogP contribution is 2.09. The van der Waals surface area contributed by atoms with E-state index >= 15 is 0 Å². The molecular weight excluding hydrogens is 296 g/mol. The first-order valence-corrected chi connectivity index (χ1v) is 5.69. The molecule has 1 amide bonds. The molecule has 2 rings (SSSR count). The number of hydrogen-bond donors (Lipinski definition) is 1. The molecule has 18 heavy (non-hydrogen) atoms. The lowest BCUT2D eigenvalue weighted by Crippen LogP contribution is -2.51. The predicted molar refractivity (Wildman–Crippen MR) is 77.1 cm³/mol. The van der Waals surface area contributed by atoms with Gasteiger partial charge in [0.25, 0.3) is 5.91 Å². The highest BCUT2D eigenvalue weighted by atomic mass is 35.5. The molecule has 0 aromatic carbocycles. The summed E-state index contributed by atoms with van der Waals surface area (Å²) in [6, 6.07) is 3.69. The van der Waals surface area contributed by atoms with Crippen LogP contribution in [0, 0.1) is 0 Å². The van der Waals surface area contributed by atoms with Crippen LogP contribution in [0.25, 0.3) is 0 Å². The molecule has 1 aromatic rings. The average Bonchev–Trinajstić information content (AvgIpc) is 2.29. The smallest absolute Gasteiger partial charge is 0.272 e. The Morgan fingerprint density at radius 3 is 2.78 bits per heavy atom. The van der Waals surface area contributed by atoms with Crippen molar-refractivity contribution in [3.8, 4) is 0 Å². The van der Waals surface area contributed by atoms with E-state index in [1.807, 2.05) is 4.90 Å². The first kappa shape index (κ1) is 17.4. The highest BCUT2D eigenvalue weighted by Gasteiger charge is 2.22. The number of hydrogen-bond acceptors (Lipinski definition) is 3. The van der Waals surface area contributed by atoms with Crippen molar-refractivity contribution in [2.45, 2.75) is 13.0 Å². The normalized spacial score (nSPS) is 18.6. The predicted octanol–water partition coefficient (Wildman–Crippen LogP) is 2.01. The molecule has 1 fully saturated rings. The van der Waals surface area contributed by atoms with Crippen LogP contribution < -0.4 is 5.32 Å². The summed E-state index contributed by atoms with van der Waals surface area (Å²) < 4.78 is 0. The maximum Gasteiger partial charge on any atom is 0.272 e. The Morgan fingerprint density at radius 1 is 1.50 bits per heavy atom. The van der Waals surface area contributed by atoms with Gasteiger partial charge in [0.1, 0.15) is 5.69 Å². The molecule has 1 atom stereocenters. The summed E-state index contributed by atoms with van der Waals surface area (Å²) in [6.07, 6.45) is 1.50. The van der Waals surface area contributed by atoms with Crippen LogP contribution in [0.4, 0.5) is 0 Å². The molecule has 0 radical (unpaired) electrons. The van der Waals surface area contributed by atoms with Crippen molar-refractivity contribution in [1.29, 1.82) is 0 Å². The standard InChI is InChI=1S/C11H14ClN3O.2ClH/c1-8-7-15(5-4-13-8)11(16)10-3-2-9(12)6-14-10;;/h2-3,6,8,13H,4-5,7H2,1H3;2*1H/t8-;;/m0../s1. The second kappa shape index (κ2) is 7.79. The van der Waals surface area contributed by atoms with E-state index in [1.165, 1.54) is 6.20 Å². The van der Waals surface area contributed by atoms with Crippen molar-refractivity contribution in [2.75, 3.05) is 19.6 Å². The van der Waals surface area contributed by atoms with Crippen LogP contribution in [0.5, 0.6) is 0 Å². The Hall–Kier alpha value is -0.550. The molecule has 0 bridgehead atoms. The van der Waals surface area contributed by atoms with Crippen molar-refractivity contribution < 1.29 is 4.79 Å². The minimum absolute atomic E-state index is 0. The van der Waals surface area contributed by atoms with Gasteiger partial charge in [-0.15, -0.1) is 24.8 Å². The summed E-state index contributed by atoms with van der Waals surface area (Å²) in [5, 5.41) is 3.84. The van der Waals surface area contributed by atoms with Crippen LogP contribution in [0.1, 0.15) is 17.4 Å². The number of piperazine rings is 1. The van der Waals surface area contributed by atoms with Gasteiger partial charge in [-0.05, 0) is 19.1 Å². The minimum Gasteiger partial charge on any atom is -0.334 e. The average molecular weight is 313 g/mol. The summed E-state index contributed by atoms with van der Waals surface area (Å²) in [5.41, 5.74) is 0.457. The van der Waals surface area contributed by atoms with E-state index in [0.717, 1.165) is 19.6 Å². The van der Waals surface area contributed by atoms with E-state index in [1.54, 1.807) is 12.1 Å². The fourth-order valence-electron chi connectivity index (χ4n) is 1.78. The summed E-state index contributed by atoms with van der Waals surface area (Å²) in [5.74, 6) is -0.0231. The van der Waals surface area contributed by atoms with E-state index in [0.29, 0.717) is 16.8 Å². The molecule has 7 heteroatoms. The molecule has 2 heterocycles. The molecule has 1 aliphatic heterocycles. The van der Waals surface area contributed by atoms with Crippen LogP contribution in [-0.4, -0.2) is 41.5 Å². The Bertz CT molecular complexity index is 386. The number of carbonyl (C=O) groups excluding carboxylic acids is 1. The second-order valence-electron chi connectivity index (χ2n) is 3.97. The summed E-state index contributed by atoms with van der Waals surface area (Å²) >= 11 is 5.73. The van der Waals surface area contributed by atoms with Gasteiger partial charge in [0.05, 0.1) is 5.02 Å². The van der Waals surface area contributed by atoms with E-state index in [-0.39, 0.29) is 30.7 Å². The third kappa shape index (κ3) is 4.28. The fraction of sp³-hybridized carbons (Fsp3) is 0.455. The molecule has 0 saturated carbocycles. The molecule has 0 unspecified atom stereocenters. The Labute approximate surface area is 124 Å². The van der Waals surface area contributed by atoms with Crippen LogP contribution in [-0.2, 0) is 0 Å². The van der Waals surface area contributed by atoms with Gasteiger partial charge in [-0.2, -0.15) is 0 Å². The zero-order valence-electron chi connectivity index (χ0n) is 9.93. The monoisotopic (exact) mass is 311 g/mol. The van der Waals surface area contributed by atoms with Gasteiger partial charge >= 0.3 is 0 Å². The zero-order valence-corrected chi connectivity index (χ0v) is 12.3. The number of carbonyl (C=O) groups is 1. The largest absolute Gasteiger partial charge is 0.334 e. The third-order valence-electron chi connectivity index (χ3n) is 2.60. The Balaban J connectivity index is 0.00000144. The summed E-state index contributed by atoms with van der Waals surface area (Å²) in [6.45, 7) is 4.35. The number of pyridine rings is 1. The Morgan fingerprint density at radius 2 is 2.22 bits per heavy atom. The van der Waals surface area contributed by atoms with E-state index in [9.17, 15) is 4.79 Å². The van der Waals surface area contributed by atoms with E-state index in [4.69, 9.17) is 11.6 Å². The molecule has 1 N–H and O–H groups in total. The van der Waals surface area contributed by atoms with Crippen LogP contribution in [0.3, 0.4) is 0 Å². The second-order valence-corrected chi connectivity index (χ2v) is 4.40. The minimum atomic E-state index is -0.0231. The number of halogens is 3. The molecule has 1 aromatic heterocycles. The molecule has 4 nitrogen and oxygen atoms in total. The maximum absolute atomic E-state index is 12.0. The molecule has 0 aliphatic carbocycles. The van der Waals surface area contributed by atoms with Crippen LogP contribution in [0.15, 0.2) is 18.3 Å². The SMILES string of the molecule is C[C@H]1CN(C(=O)c2ccc(Cl)cn2)CCN1.Cl.Cl. The van der Waals surface area contributed by atoms with Crippen LogP contribution in [0.2, 0.25) is 5.02 Å². The summed E-state index contributed by atoms with van der Waals surface area (Å²) in [7, 11) is 0.